The summed E-state index contributed by atoms with van der Waals surface area (Å²) in [5.74, 6) is 4.97. The van der Waals surface area contributed by atoms with Crippen molar-refractivity contribution in [3.05, 3.63) is 9.75 Å². The monoisotopic (exact) mass is 548 g/mol. The van der Waals surface area contributed by atoms with Crippen molar-refractivity contribution in [2.45, 2.75) is 58.8 Å². The molecule has 0 atom stereocenters. The number of fused-ring (bicyclic) bond motifs is 3. The molecule has 6 nitrogen and oxygen atoms in total. The molecule has 0 saturated heterocycles. The largest absolute Gasteiger partial charge is 0.488 e. The van der Waals surface area contributed by atoms with Crippen LogP contribution in [0.5, 0.6) is 34.5 Å². The van der Waals surface area contributed by atoms with E-state index in [0.29, 0.717) is 39.6 Å². The quantitative estimate of drug-likeness (QED) is 0.330. The van der Waals surface area contributed by atoms with E-state index in [4.69, 9.17) is 28.4 Å². The number of thiophene rings is 3. The van der Waals surface area contributed by atoms with Gasteiger partial charge < -0.3 is 28.4 Å². The van der Waals surface area contributed by atoms with Crippen molar-refractivity contribution in [2.75, 3.05) is 39.6 Å². The van der Waals surface area contributed by atoms with Gasteiger partial charge >= 0.3 is 0 Å². The molecule has 0 spiro atoms. The Balaban J connectivity index is 1.58. The lowest BCUT2D eigenvalue weighted by molar-refractivity contribution is 0.171. The molecule has 0 bridgehead atoms. The number of hydrogen-bond donors (Lipinski definition) is 0. The Morgan fingerprint density at radius 1 is 0.417 bits per heavy atom. The molecule has 0 unspecified atom stereocenters. The van der Waals surface area contributed by atoms with Gasteiger partial charge in [-0.2, -0.15) is 0 Å². The lowest BCUT2D eigenvalue weighted by atomic mass is 9.94. The summed E-state index contributed by atoms with van der Waals surface area (Å²) in [4.78, 5) is 6.52. The van der Waals surface area contributed by atoms with Crippen LogP contribution in [0.1, 0.15) is 57.7 Å². The molecule has 3 aliphatic heterocycles. The van der Waals surface area contributed by atoms with Crippen molar-refractivity contribution in [1.29, 1.82) is 0 Å². The highest BCUT2D eigenvalue weighted by Crippen LogP contribution is 2.64. The highest BCUT2D eigenvalue weighted by atomic mass is 32.1. The Hall–Kier alpha value is -2.10. The first-order valence-electron chi connectivity index (χ1n) is 12.4. The zero-order chi connectivity index (χ0) is 25.2. The lowest BCUT2D eigenvalue weighted by Gasteiger charge is -2.22. The molecule has 0 saturated carbocycles. The van der Waals surface area contributed by atoms with Gasteiger partial charge in [0.15, 0.2) is 34.5 Å². The summed E-state index contributed by atoms with van der Waals surface area (Å²) in [5.41, 5.74) is -0.135. The van der Waals surface area contributed by atoms with E-state index in [-0.39, 0.29) is 10.8 Å². The van der Waals surface area contributed by atoms with E-state index in [9.17, 15) is 0 Å². The summed E-state index contributed by atoms with van der Waals surface area (Å²) in [5, 5.41) is 0. The van der Waals surface area contributed by atoms with Crippen molar-refractivity contribution in [2.24, 2.45) is 0 Å². The molecular weight excluding hydrogens is 516 g/mol. The third-order valence-corrected chi connectivity index (χ3v) is 10.8. The molecule has 0 amide bonds. The minimum absolute atomic E-state index is 0.0677. The minimum Gasteiger partial charge on any atom is -0.488 e. The molecule has 3 aliphatic rings. The molecule has 194 valence electrons. The summed E-state index contributed by atoms with van der Waals surface area (Å²) in [6.45, 7) is 16.7. The van der Waals surface area contributed by atoms with E-state index in [1.807, 2.05) is 0 Å². The molecule has 6 heterocycles. The first-order chi connectivity index (χ1) is 17.1. The van der Waals surface area contributed by atoms with Crippen LogP contribution in [0.3, 0.4) is 0 Å². The van der Waals surface area contributed by atoms with Crippen LogP contribution in [0, 0.1) is 0 Å². The average Bonchev–Trinajstić information content (AvgIpc) is 3.44. The van der Waals surface area contributed by atoms with Gasteiger partial charge in [0.05, 0.1) is 42.5 Å². The van der Waals surface area contributed by atoms with Crippen molar-refractivity contribution in [3.63, 3.8) is 0 Å². The van der Waals surface area contributed by atoms with Gasteiger partial charge in [-0.25, -0.2) is 0 Å². The van der Waals surface area contributed by atoms with Gasteiger partial charge in [-0.15, -0.1) is 34.0 Å². The minimum atomic E-state index is -0.0677. The normalized spacial score (nSPS) is 17.2. The van der Waals surface area contributed by atoms with Crippen molar-refractivity contribution < 1.29 is 28.4 Å². The zero-order valence-corrected chi connectivity index (χ0v) is 24.1. The summed E-state index contributed by atoms with van der Waals surface area (Å²) < 4.78 is 37.5. The van der Waals surface area contributed by atoms with Gasteiger partial charge in [-0.05, 0) is 0 Å². The van der Waals surface area contributed by atoms with Crippen LogP contribution in [0.4, 0.5) is 0 Å². The molecule has 0 fully saturated rings. The highest BCUT2D eigenvalue weighted by molar-refractivity contribution is 7.27. The summed E-state index contributed by atoms with van der Waals surface area (Å²) >= 11 is 5.15. The molecule has 3 aromatic rings. The van der Waals surface area contributed by atoms with E-state index < -0.39 is 0 Å². The Labute approximate surface area is 224 Å². The third-order valence-electron chi connectivity index (χ3n) is 6.18. The molecular formula is C27H32O6S3. The van der Waals surface area contributed by atoms with E-state index in [0.717, 1.165) is 60.4 Å². The predicted octanol–water partition coefficient (Wildman–Crippen LogP) is 7.50. The smallest absolute Gasteiger partial charge is 0.181 e. The van der Waals surface area contributed by atoms with Gasteiger partial charge in [-0.1, -0.05) is 41.5 Å². The van der Waals surface area contributed by atoms with Crippen molar-refractivity contribution >= 4 is 34.0 Å². The molecule has 0 radical (unpaired) electrons. The van der Waals surface area contributed by atoms with E-state index in [1.165, 1.54) is 9.75 Å². The fourth-order valence-corrected chi connectivity index (χ4v) is 8.49. The maximum Gasteiger partial charge on any atom is 0.181 e. The van der Waals surface area contributed by atoms with Crippen LogP contribution in [0.25, 0.3) is 19.5 Å². The highest BCUT2D eigenvalue weighted by Gasteiger charge is 2.38. The van der Waals surface area contributed by atoms with Gasteiger partial charge in [-0.3, -0.25) is 0 Å². The molecule has 6 rings (SSSR count). The maximum atomic E-state index is 6.37. The van der Waals surface area contributed by atoms with Gasteiger partial charge in [0.2, 0.25) is 0 Å². The average molecular weight is 549 g/mol. The van der Waals surface area contributed by atoms with E-state index in [1.54, 1.807) is 34.0 Å². The fourth-order valence-electron chi connectivity index (χ4n) is 4.56. The summed E-state index contributed by atoms with van der Waals surface area (Å²) in [6.07, 6.45) is 0.836. The van der Waals surface area contributed by atoms with Crippen LogP contribution in [0.2, 0.25) is 0 Å². The zero-order valence-electron chi connectivity index (χ0n) is 21.6. The Morgan fingerprint density at radius 2 is 0.722 bits per heavy atom. The van der Waals surface area contributed by atoms with Crippen molar-refractivity contribution in [3.8, 4) is 54.0 Å². The maximum absolute atomic E-state index is 6.37. The molecule has 0 N–H and O–H groups in total. The van der Waals surface area contributed by atoms with E-state index >= 15 is 0 Å². The number of hydrogen-bond acceptors (Lipinski definition) is 9. The van der Waals surface area contributed by atoms with Crippen LogP contribution >= 0.6 is 34.0 Å². The van der Waals surface area contributed by atoms with Crippen LogP contribution in [-0.2, 0) is 10.8 Å². The lowest BCUT2D eigenvalue weighted by Crippen LogP contribution is -2.18. The van der Waals surface area contributed by atoms with Gasteiger partial charge in [0.1, 0.15) is 26.4 Å². The number of ether oxygens (including phenoxy) is 6. The summed E-state index contributed by atoms with van der Waals surface area (Å²) in [6, 6.07) is 0. The summed E-state index contributed by atoms with van der Waals surface area (Å²) in [7, 11) is 0. The second kappa shape index (κ2) is 8.74. The Morgan fingerprint density at radius 3 is 1.11 bits per heavy atom. The second-order valence-electron chi connectivity index (χ2n) is 11.2. The predicted molar refractivity (Wildman–Crippen MR) is 146 cm³/mol. The van der Waals surface area contributed by atoms with Crippen LogP contribution in [0.15, 0.2) is 0 Å². The van der Waals surface area contributed by atoms with Crippen molar-refractivity contribution in [1.82, 2.24) is 0 Å². The SMILES string of the molecule is CC(C)(C)c1sc(-c2sc(-c3sc(C(C)(C)C)c4c3OCCO4)c3c2OCCCO3)c2c1OCCO2. The van der Waals surface area contributed by atoms with Crippen LogP contribution in [-0.4, -0.2) is 39.6 Å². The molecule has 3 aromatic heterocycles. The molecule has 36 heavy (non-hydrogen) atoms. The number of rotatable bonds is 2. The van der Waals surface area contributed by atoms with Gasteiger partial charge in [0, 0.05) is 17.3 Å². The second-order valence-corrected chi connectivity index (χ2v) is 14.3. The molecule has 0 aliphatic carbocycles. The standard InChI is InChI=1S/C27H32O6S3/c1-26(2,3)24-18-16(30-10-12-32-18)22(35-24)20-14-15(29-9-7-8-28-14)21(34-20)23-17-19(33-13-11-31-17)25(36-23)27(4,5)6/h7-13H2,1-6H3. The first kappa shape index (κ1) is 24.2. The Kier molecular flexibility index (Phi) is 5.89. The molecule has 0 aromatic carbocycles. The van der Waals surface area contributed by atoms with Crippen LogP contribution < -0.4 is 28.4 Å². The molecule has 9 heteroatoms. The third kappa shape index (κ3) is 3.94. The topological polar surface area (TPSA) is 55.4 Å². The van der Waals surface area contributed by atoms with Gasteiger partial charge in [0.25, 0.3) is 0 Å². The fraction of sp³-hybridized carbons (Fsp3) is 0.556. The first-order valence-corrected chi connectivity index (χ1v) is 14.9. The van der Waals surface area contributed by atoms with E-state index in [2.05, 4.69) is 41.5 Å². The Bertz CT molecular complexity index is 1200.